The van der Waals surface area contributed by atoms with Crippen molar-refractivity contribution < 1.29 is 17.9 Å². The Labute approximate surface area is 166 Å². The monoisotopic (exact) mass is 447 g/mol. The van der Waals surface area contributed by atoms with E-state index < -0.39 is 9.84 Å². The van der Waals surface area contributed by atoms with E-state index in [1.165, 1.54) is 12.1 Å². The van der Waals surface area contributed by atoms with Crippen molar-refractivity contribution >= 4 is 48.1 Å². The molecule has 1 N–H and O–H groups in total. The smallest absolute Gasteiger partial charge is 0.262 e. The molecule has 5 nitrogen and oxygen atoms in total. The van der Waals surface area contributed by atoms with Gasteiger partial charge in [0.1, 0.15) is 5.75 Å². The summed E-state index contributed by atoms with van der Waals surface area (Å²) in [6.45, 7) is 1.60. The van der Waals surface area contributed by atoms with Crippen LogP contribution in [-0.4, -0.2) is 27.2 Å². The van der Waals surface area contributed by atoms with Crippen LogP contribution in [0, 0.1) is 6.92 Å². The minimum absolute atomic E-state index is 0.154. The number of aryl methyl sites for hydroxylation is 1. The van der Waals surface area contributed by atoms with Crippen LogP contribution in [-0.2, 0) is 14.6 Å². The zero-order valence-electron chi connectivity index (χ0n) is 14.8. The summed E-state index contributed by atoms with van der Waals surface area (Å²) in [5.41, 5.74) is 1.21. The molecule has 27 heavy (non-hydrogen) atoms. The molecule has 0 atom stereocenters. The number of sulfone groups is 1. The lowest BCUT2D eigenvalue weighted by Crippen LogP contribution is -2.21. The largest absolute Gasteiger partial charge is 0.483 e. The quantitative estimate of drug-likeness (QED) is 0.631. The maximum Gasteiger partial charge on any atom is 0.262 e. The lowest BCUT2D eigenvalue weighted by molar-refractivity contribution is -0.118. The number of carbonyl (C=O) groups is 1. The van der Waals surface area contributed by atoms with Gasteiger partial charge >= 0.3 is 0 Å². The van der Waals surface area contributed by atoms with Crippen molar-refractivity contribution in [2.75, 3.05) is 18.2 Å². The molecule has 0 radical (unpaired) electrons. The lowest BCUT2D eigenvalue weighted by atomic mass is 10.1. The topological polar surface area (TPSA) is 72.5 Å². The number of benzene rings is 3. The van der Waals surface area contributed by atoms with Crippen LogP contribution in [0.4, 0.5) is 5.69 Å². The summed E-state index contributed by atoms with van der Waals surface area (Å²) in [4.78, 5) is 12.4. The fourth-order valence-electron chi connectivity index (χ4n) is 2.62. The van der Waals surface area contributed by atoms with Gasteiger partial charge in [0.25, 0.3) is 5.91 Å². The van der Waals surface area contributed by atoms with Crippen LogP contribution in [0.15, 0.2) is 64.0 Å². The maximum absolute atomic E-state index is 12.3. The normalized spacial score (nSPS) is 11.4. The second kappa shape index (κ2) is 7.70. The second-order valence-corrected chi connectivity index (χ2v) is 8.99. The van der Waals surface area contributed by atoms with Gasteiger partial charge in [-0.1, -0.05) is 36.4 Å². The molecule has 0 heterocycles. The van der Waals surface area contributed by atoms with Crippen LogP contribution >= 0.6 is 15.9 Å². The van der Waals surface area contributed by atoms with E-state index in [2.05, 4.69) is 21.2 Å². The average Bonchev–Trinajstić information content (AvgIpc) is 2.62. The molecule has 0 aliphatic heterocycles. The van der Waals surface area contributed by atoms with E-state index in [1.54, 1.807) is 19.1 Å². The number of hydrogen-bond acceptors (Lipinski definition) is 4. The van der Waals surface area contributed by atoms with Crippen LogP contribution < -0.4 is 10.1 Å². The van der Waals surface area contributed by atoms with Gasteiger partial charge in [-0.05, 0) is 57.4 Å². The molecule has 1 amide bonds. The molecule has 0 aromatic heterocycles. The Morgan fingerprint density at radius 1 is 1.11 bits per heavy atom. The highest BCUT2D eigenvalue weighted by molar-refractivity contribution is 9.10. The molecular weight excluding hydrogens is 430 g/mol. The molecular formula is C20H18BrNO4S. The molecule has 0 aliphatic carbocycles. The van der Waals surface area contributed by atoms with E-state index in [0.29, 0.717) is 11.4 Å². The van der Waals surface area contributed by atoms with Gasteiger partial charge in [0.15, 0.2) is 16.4 Å². The first-order chi connectivity index (χ1) is 12.8. The number of ether oxygens (including phenoxy) is 1. The van der Waals surface area contributed by atoms with Gasteiger partial charge < -0.3 is 10.1 Å². The summed E-state index contributed by atoms with van der Waals surface area (Å²) >= 11 is 3.52. The lowest BCUT2D eigenvalue weighted by Gasteiger charge is -2.12. The highest BCUT2D eigenvalue weighted by Gasteiger charge is 2.13. The van der Waals surface area contributed by atoms with Gasteiger partial charge in [0.2, 0.25) is 0 Å². The molecule has 7 heteroatoms. The van der Waals surface area contributed by atoms with E-state index in [4.69, 9.17) is 4.74 Å². The molecule has 0 unspecified atom stereocenters. The summed E-state index contributed by atoms with van der Waals surface area (Å²) in [7, 11) is -3.35. The van der Waals surface area contributed by atoms with Crippen molar-refractivity contribution in [2.24, 2.45) is 0 Å². The summed E-state index contributed by atoms with van der Waals surface area (Å²) < 4.78 is 29.8. The molecule has 3 aromatic carbocycles. The Bertz CT molecular complexity index is 1130. The predicted molar refractivity (Wildman–Crippen MR) is 110 cm³/mol. The molecule has 0 saturated carbocycles. The number of rotatable bonds is 5. The number of nitrogens with one attached hydrogen (secondary N) is 1. The molecule has 3 rings (SSSR count). The van der Waals surface area contributed by atoms with Gasteiger partial charge in [-0.25, -0.2) is 8.42 Å². The average molecular weight is 448 g/mol. The first kappa shape index (κ1) is 19.4. The second-order valence-electron chi connectivity index (χ2n) is 6.18. The molecule has 140 valence electrons. The van der Waals surface area contributed by atoms with Crippen LogP contribution in [0.2, 0.25) is 0 Å². The van der Waals surface area contributed by atoms with Crippen LogP contribution in [0.1, 0.15) is 5.56 Å². The fraction of sp³-hybridized carbons (Fsp3) is 0.150. The summed E-state index contributed by atoms with van der Waals surface area (Å²) in [6.07, 6.45) is 1.13. The van der Waals surface area contributed by atoms with Crippen LogP contribution in [0.5, 0.6) is 5.75 Å². The Morgan fingerprint density at radius 3 is 2.59 bits per heavy atom. The van der Waals surface area contributed by atoms with Crippen molar-refractivity contribution in [3.8, 4) is 5.75 Å². The highest BCUT2D eigenvalue weighted by Crippen LogP contribution is 2.33. The number of carbonyl (C=O) groups excluding carboxylic acids is 1. The van der Waals surface area contributed by atoms with Gasteiger partial charge in [-0.2, -0.15) is 0 Å². The van der Waals surface area contributed by atoms with Crippen molar-refractivity contribution in [3.63, 3.8) is 0 Å². The molecule has 0 spiro atoms. The zero-order valence-corrected chi connectivity index (χ0v) is 17.2. The van der Waals surface area contributed by atoms with E-state index in [-0.39, 0.29) is 17.4 Å². The van der Waals surface area contributed by atoms with E-state index in [0.717, 1.165) is 27.1 Å². The third-order valence-electron chi connectivity index (χ3n) is 4.10. The molecule has 0 saturated heterocycles. The van der Waals surface area contributed by atoms with Gasteiger partial charge in [0, 0.05) is 11.9 Å². The Morgan fingerprint density at radius 2 is 1.85 bits per heavy atom. The third kappa shape index (κ3) is 4.48. The Balaban J connectivity index is 1.73. The Hall–Kier alpha value is -2.38. The number of anilines is 1. The standard InChI is InChI=1S/C20H18BrNO4S/c1-13-7-9-15(27(2,24)25)11-17(13)22-19(23)12-26-18-10-8-14-5-3-4-6-16(14)20(18)21/h3-11H,12H2,1-2H3,(H,22,23). The minimum Gasteiger partial charge on any atom is -0.483 e. The van der Waals surface area contributed by atoms with Crippen molar-refractivity contribution in [2.45, 2.75) is 11.8 Å². The third-order valence-corrected chi connectivity index (χ3v) is 6.03. The molecule has 3 aromatic rings. The predicted octanol–water partition coefficient (Wildman–Crippen LogP) is 4.33. The maximum atomic E-state index is 12.3. The molecule has 0 fully saturated rings. The van der Waals surface area contributed by atoms with Gasteiger partial charge in [-0.3, -0.25) is 4.79 Å². The van der Waals surface area contributed by atoms with E-state index in [9.17, 15) is 13.2 Å². The fourth-order valence-corrected chi connectivity index (χ4v) is 3.88. The molecule has 0 aliphatic rings. The number of halogens is 1. The minimum atomic E-state index is -3.35. The molecule has 0 bridgehead atoms. The summed E-state index contributed by atoms with van der Waals surface area (Å²) in [6, 6.07) is 16.2. The van der Waals surface area contributed by atoms with Crippen molar-refractivity contribution in [1.29, 1.82) is 0 Å². The van der Waals surface area contributed by atoms with Gasteiger partial charge in [-0.15, -0.1) is 0 Å². The van der Waals surface area contributed by atoms with E-state index in [1.807, 2.05) is 30.3 Å². The van der Waals surface area contributed by atoms with Gasteiger partial charge in [0.05, 0.1) is 9.37 Å². The first-order valence-electron chi connectivity index (χ1n) is 8.16. The van der Waals surface area contributed by atoms with Crippen LogP contribution in [0.25, 0.3) is 10.8 Å². The number of hydrogen-bond donors (Lipinski definition) is 1. The highest BCUT2D eigenvalue weighted by atomic mass is 79.9. The van der Waals surface area contributed by atoms with Crippen molar-refractivity contribution in [3.05, 3.63) is 64.6 Å². The van der Waals surface area contributed by atoms with E-state index >= 15 is 0 Å². The zero-order chi connectivity index (χ0) is 19.6. The number of fused-ring (bicyclic) bond motifs is 1. The SMILES string of the molecule is Cc1ccc(S(C)(=O)=O)cc1NC(=O)COc1ccc2ccccc2c1Br. The summed E-state index contributed by atoms with van der Waals surface area (Å²) in [5, 5.41) is 4.76. The number of amides is 1. The first-order valence-corrected chi connectivity index (χ1v) is 10.8. The van der Waals surface area contributed by atoms with Crippen LogP contribution in [0.3, 0.4) is 0 Å². The summed E-state index contributed by atoms with van der Waals surface area (Å²) in [5.74, 6) is 0.189. The van der Waals surface area contributed by atoms with Crippen molar-refractivity contribution in [1.82, 2.24) is 0 Å². The Kier molecular flexibility index (Phi) is 5.53.